The third-order valence-electron chi connectivity index (χ3n) is 3.69. The SMILES string of the molecule is COc1c(Cl)ccc(Cl)c1C(=O)Nc1ccc(N2CCOC2=O)cc1. The van der Waals surface area contributed by atoms with Gasteiger partial charge in [-0.05, 0) is 36.4 Å². The van der Waals surface area contributed by atoms with Crippen LogP contribution in [0.5, 0.6) is 5.75 Å². The average molecular weight is 381 g/mol. The Labute approximate surface area is 154 Å². The fraction of sp³-hybridized carbons (Fsp3) is 0.176. The van der Waals surface area contributed by atoms with E-state index in [1.165, 1.54) is 18.1 Å². The Morgan fingerprint density at radius 2 is 1.84 bits per heavy atom. The minimum Gasteiger partial charge on any atom is -0.494 e. The number of methoxy groups -OCH3 is 1. The molecule has 2 amide bonds. The number of carbonyl (C=O) groups excluding carboxylic acids is 2. The van der Waals surface area contributed by atoms with Crippen LogP contribution in [-0.2, 0) is 4.74 Å². The molecule has 25 heavy (non-hydrogen) atoms. The van der Waals surface area contributed by atoms with E-state index in [1.807, 2.05) is 0 Å². The van der Waals surface area contributed by atoms with Crippen LogP contribution in [-0.4, -0.2) is 32.3 Å². The molecule has 130 valence electrons. The lowest BCUT2D eigenvalue weighted by Gasteiger charge is -2.14. The van der Waals surface area contributed by atoms with Crippen molar-refractivity contribution in [3.05, 3.63) is 52.0 Å². The first-order valence-corrected chi connectivity index (χ1v) is 8.14. The lowest BCUT2D eigenvalue weighted by molar-refractivity contribution is 0.102. The number of amides is 2. The van der Waals surface area contributed by atoms with Crippen molar-refractivity contribution in [1.29, 1.82) is 0 Å². The van der Waals surface area contributed by atoms with Crippen LogP contribution >= 0.6 is 23.2 Å². The van der Waals surface area contributed by atoms with Crippen molar-refractivity contribution in [2.75, 3.05) is 30.5 Å². The summed E-state index contributed by atoms with van der Waals surface area (Å²) in [6, 6.07) is 9.90. The van der Waals surface area contributed by atoms with E-state index in [2.05, 4.69) is 5.32 Å². The highest BCUT2D eigenvalue weighted by atomic mass is 35.5. The summed E-state index contributed by atoms with van der Waals surface area (Å²) in [4.78, 5) is 25.6. The molecule has 0 spiro atoms. The first-order valence-electron chi connectivity index (χ1n) is 7.39. The van der Waals surface area contributed by atoms with Crippen LogP contribution in [0.25, 0.3) is 0 Å². The second kappa shape index (κ2) is 7.21. The Kier molecular flexibility index (Phi) is 5.01. The molecule has 1 aliphatic heterocycles. The van der Waals surface area contributed by atoms with E-state index in [0.29, 0.717) is 29.5 Å². The molecule has 8 heteroatoms. The van der Waals surface area contributed by atoms with E-state index >= 15 is 0 Å². The number of hydrogen-bond acceptors (Lipinski definition) is 4. The van der Waals surface area contributed by atoms with Crippen LogP contribution in [0.3, 0.4) is 0 Å². The first kappa shape index (κ1) is 17.4. The molecule has 2 aromatic carbocycles. The van der Waals surface area contributed by atoms with Gasteiger partial charge in [0.15, 0.2) is 5.75 Å². The molecule has 0 saturated carbocycles. The van der Waals surface area contributed by atoms with Gasteiger partial charge in [-0.25, -0.2) is 4.79 Å². The Morgan fingerprint density at radius 3 is 2.44 bits per heavy atom. The maximum atomic E-state index is 12.5. The summed E-state index contributed by atoms with van der Waals surface area (Å²) in [5.41, 5.74) is 1.39. The number of cyclic esters (lactones) is 1. The lowest BCUT2D eigenvalue weighted by Crippen LogP contribution is -2.23. The topological polar surface area (TPSA) is 67.9 Å². The molecule has 1 saturated heterocycles. The van der Waals surface area contributed by atoms with Crippen LogP contribution < -0.4 is 15.0 Å². The van der Waals surface area contributed by atoms with Gasteiger partial charge >= 0.3 is 6.09 Å². The van der Waals surface area contributed by atoms with Crippen molar-refractivity contribution >= 4 is 46.6 Å². The van der Waals surface area contributed by atoms with Gasteiger partial charge in [-0.2, -0.15) is 0 Å². The maximum absolute atomic E-state index is 12.5. The minimum absolute atomic E-state index is 0.156. The molecule has 2 aromatic rings. The molecule has 0 aromatic heterocycles. The lowest BCUT2D eigenvalue weighted by atomic mass is 10.1. The summed E-state index contributed by atoms with van der Waals surface area (Å²) in [6.07, 6.45) is -0.382. The number of benzene rings is 2. The Bertz CT molecular complexity index is 824. The van der Waals surface area contributed by atoms with Gasteiger partial charge in [0.05, 0.1) is 23.7 Å². The van der Waals surface area contributed by atoms with Gasteiger partial charge in [0, 0.05) is 11.4 Å². The zero-order valence-corrected chi connectivity index (χ0v) is 14.7. The van der Waals surface area contributed by atoms with Gasteiger partial charge in [-0.15, -0.1) is 0 Å². The van der Waals surface area contributed by atoms with E-state index in [4.69, 9.17) is 32.7 Å². The molecule has 0 aliphatic carbocycles. The number of rotatable bonds is 4. The van der Waals surface area contributed by atoms with Gasteiger partial charge in [0.25, 0.3) is 5.91 Å². The van der Waals surface area contributed by atoms with Crippen molar-refractivity contribution in [2.45, 2.75) is 0 Å². The summed E-state index contributed by atoms with van der Waals surface area (Å²) in [6.45, 7) is 0.865. The van der Waals surface area contributed by atoms with Crippen molar-refractivity contribution in [1.82, 2.24) is 0 Å². The Balaban J connectivity index is 1.80. The normalized spacial score (nSPS) is 13.6. The highest BCUT2D eigenvalue weighted by Crippen LogP contribution is 2.34. The molecule has 1 heterocycles. The van der Waals surface area contributed by atoms with Crippen LogP contribution in [0, 0.1) is 0 Å². The Morgan fingerprint density at radius 1 is 1.16 bits per heavy atom. The van der Waals surface area contributed by atoms with Crippen LogP contribution in [0.4, 0.5) is 16.2 Å². The molecule has 0 atom stereocenters. The highest BCUT2D eigenvalue weighted by molar-refractivity contribution is 6.37. The van der Waals surface area contributed by atoms with Gasteiger partial charge in [-0.3, -0.25) is 9.69 Å². The first-order chi connectivity index (χ1) is 12.0. The number of nitrogens with one attached hydrogen (secondary N) is 1. The van der Waals surface area contributed by atoms with Crippen LogP contribution in [0.2, 0.25) is 10.0 Å². The van der Waals surface area contributed by atoms with Crippen LogP contribution in [0.15, 0.2) is 36.4 Å². The quantitative estimate of drug-likeness (QED) is 0.862. The van der Waals surface area contributed by atoms with Gasteiger partial charge < -0.3 is 14.8 Å². The Hall–Kier alpha value is -2.44. The smallest absolute Gasteiger partial charge is 0.414 e. The number of carbonyl (C=O) groups is 2. The third kappa shape index (κ3) is 3.50. The van der Waals surface area contributed by atoms with Gasteiger partial charge in [-0.1, -0.05) is 23.2 Å². The van der Waals surface area contributed by atoms with Gasteiger partial charge in [0.2, 0.25) is 0 Å². The molecule has 0 bridgehead atoms. The van der Waals surface area contributed by atoms with E-state index in [9.17, 15) is 9.59 Å². The molecule has 3 rings (SSSR count). The van der Waals surface area contributed by atoms with Crippen molar-refractivity contribution in [3.8, 4) is 5.75 Å². The fourth-order valence-corrected chi connectivity index (χ4v) is 2.96. The molecule has 1 aliphatic rings. The zero-order valence-electron chi connectivity index (χ0n) is 13.2. The molecule has 1 N–H and O–H groups in total. The standard InChI is InChI=1S/C17H14Cl2N2O4/c1-24-15-13(19)7-6-12(18)14(15)16(22)20-10-2-4-11(5-3-10)21-8-9-25-17(21)23/h2-7H,8-9H2,1H3,(H,20,22). The van der Waals surface area contributed by atoms with Crippen molar-refractivity contribution < 1.29 is 19.1 Å². The van der Waals surface area contributed by atoms with E-state index in [0.717, 1.165) is 0 Å². The molecular weight excluding hydrogens is 367 g/mol. The number of halogens is 2. The van der Waals surface area contributed by atoms with E-state index < -0.39 is 5.91 Å². The van der Waals surface area contributed by atoms with Crippen molar-refractivity contribution in [3.63, 3.8) is 0 Å². The monoisotopic (exact) mass is 380 g/mol. The zero-order chi connectivity index (χ0) is 18.0. The number of anilines is 2. The van der Waals surface area contributed by atoms with E-state index in [1.54, 1.807) is 30.3 Å². The van der Waals surface area contributed by atoms with Gasteiger partial charge in [0.1, 0.15) is 12.2 Å². The summed E-state index contributed by atoms with van der Waals surface area (Å²) in [7, 11) is 1.41. The average Bonchev–Trinajstić information content (AvgIpc) is 3.03. The van der Waals surface area contributed by atoms with Crippen molar-refractivity contribution in [2.24, 2.45) is 0 Å². The molecule has 0 radical (unpaired) electrons. The molecule has 0 unspecified atom stereocenters. The summed E-state index contributed by atoms with van der Waals surface area (Å²) >= 11 is 12.2. The second-order valence-electron chi connectivity index (χ2n) is 5.20. The minimum atomic E-state index is -0.447. The predicted molar refractivity (Wildman–Crippen MR) is 96.1 cm³/mol. The molecule has 6 nitrogen and oxygen atoms in total. The second-order valence-corrected chi connectivity index (χ2v) is 6.02. The number of hydrogen-bond donors (Lipinski definition) is 1. The maximum Gasteiger partial charge on any atom is 0.414 e. The molecule has 1 fully saturated rings. The summed E-state index contributed by atoms with van der Waals surface area (Å²) < 4.78 is 10.1. The van der Waals surface area contributed by atoms with E-state index in [-0.39, 0.29) is 22.4 Å². The number of nitrogens with zero attached hydrogens (tertiary/aromatic N) is 1. The number of ether oxygens (including phenoxy) is 2. The fourth-order valence-electron chi connectivity index (χ4n) is 2.49. The predicted octanol–water partition coefficient (Wildman–Crippen LogP) is 4.21. The van der Waals surface area contributed by atoms with Crippen LogP contribution in [0.1, 0.15) is 10.4 Å². The molecular formula is C17H14Cl2N2O4. The summed E-state index contributed by atoms with van der Waals surface area (Å²) in [5.74, 6) is -0.235. The largest absolute Gasteiger partial charge is 0.494 e. The highest BCUT2D eigenvalue weighted by Gasteiger charge is 2.24. The summed E-state index contributed by atoms with van der Waals surface area (Å²) in [5, 5.41) is 3.26. The third-order valence-corrected chi connectivity index (χ3v) is 4.30.